The number of methoxy groups -OCH3 is 1. The predicted molar refractivity (Wildman–Crippen MR) is 103 cm³/mol. The van der Waals surface area contributed by atoms with Crippen LogP contribution in [0, 0.1) is 10.1 Å². The molecule has 2 heterocycles. The third-order valence-corrected chi connectivity index (χ3v) is 5.05. The van der Waals surface area contributed by atoms with Gasteiger partial charge in [-0.05, 0) is 24.3 Å². The Balaban J connectivity index is 1.88. The van der Waals surface area contributed by atoms with Crippen LogP contribution < -0.4 is 4.74 Å². The van der Waals surface area contributed by atoms with Crippen LogP contribution in [0.15, 0.2) is 53.9 Å². The van der Waals surface area contributed by atoms with Crippen LogP contribution in [0.4, 0.5) is 5.69 Å². The van der Waals surface area contributed by atoms with E-state index in [0.29, 0.717) is 21.9 Å². The minimum absolute atomic E-state index is 0.00973. The predicted octanol–water partition coefficient (Wildman–Crippen LogP) is 4.46. The minimum atomic E-state index is -0.461. The van der Waals surface area contributed by atoms with Crippen LogP contribution >= 0.6 is 11.3 Å². The van der Waals surface area contributed by atoms with Crippen molar-refractivity contribution in [2.24, 2.45) is 0 Å². The fourth-order valence-electron chi connectivity index (χ4n) is 2.93. The van der Waals surface area contributed by atoms with Gasteiger partial charge in [0.2, 0.25) is 0 Å². The van der Waals surface area contributed by atoms with E-state index in [9.17, 15) is 14.9 Å². The molecule has 4 aromatic rings. The van der Waals surface area contributed by atoms with Crippen LogP contribution in [0.2, 0.25) is 0 Å². The first-order chi connectivity index (χ1) is 13.1. The van der Waals surface area contributed by atoms with Gasteiger partial charge in [0.05, 0.1) is 17.7 Å². The largest absolute Gasteiger partial charge is 0.497 e. The van der Waals surface area contributed by atoms with Gasteiger partial charge in [-0.1, -0.05) is 12.1 Å². The fraction of sp³-hybridized carbons (Fsp3) is 0.0526. The van der Waals surface area contributed by atoms with Crippen molar-refractivity contribution in [2.75, 3.05) is 7.11 Å². The number of carbonyl (C=O) groups is 1. The summed E-state index contributed by atoms with van der Waals surface area (Å²) in [5.74, 6) is 0.718. The molecule has 0 amide bonds. The lowest BCUT2D eigenvalue weighted by Crippen LogP contribution is -1.95. The molecule has 0 spiro atoms. The van der Waals surface area contributed by atoms with E-state index in [-0.39, 0.29) is 5.69 Å². The lowest BCUT2D eigenvalue weighted by atomic mass is 10.1. The van der Waals surface area contributed by atoms with E-state index in [2.05, 4.69) is 4.98 Å². The number of aromatic nitrogens is 2. The molecule has 2 aromatic heterocycles. The number of carbonyl (C=O) groups excluding carboxylic acids is 1. The first-order valence-electron chi connectivity index (χ1n) is 7.96. The molecular formula is C19H13N3O4S. The second kappa shape index (κ2) is 6.65. The summed E-state index contributed by atoms with van der Waals surface area (Å²) in [6.07, 6.45) is 0.757. The van der Waals surface area contributed by atoms with Crippen molar-refractivity contribution in [3.8, 4) is 28.3 Å². The molecule has 2 aromatic carbocycles. The van der Waals surface area contributed by atoms with Crippen LogP contribution in [0.5, 0.6) is 5.75 Å². The van der Waals surface area contributed by atoms with Gasteiger partial charge in [0, 0.05) is 28.6 Å². The molecule has 0 aliphatic rings. The van der Waals surface area contributed by atoms with Crippen molar-refractivity contribution in [3.05, 3.63) is 69.7 Å². The topological polar surface area (TPSA) is 86.7 Å². The maximum atomic E-state index is 11.9. The Hall–Kier alpha value is -3.52. The molecule has 0 N–H and O–H groups in total. The Morgan fingerprint density at radius 2 is 1.96 bits per heavy atom. The Morgan fingerprint density at radius 1 is 1.19 bits per heavy atom. The van der Waals surface area contributed by atoms with E-state index in [4.69, 9.17) is 4.74 Å². The SMILES string of the molecule is COc1cccc(-c2csc3nc(-c4ccc([N+](=O)[O-])cc4)c(C=O)n23)c1. The van der Waals surface area contributed by atoms with Gasteiger partial charge in [-0.3, -0.25) is 19.3 Å². The quantitative estimate of drug-likeness (QED) is 0.290. The van der Waals surface area contributed by atoms with Gasteiger partial charge in [0.1, 0.15) is 17.1 Å². The summed E-state index contributed by atoms with van der Waals surface area (Å²) < 4.78 is 7.08. The molecule has 4 rings (SSSR count). The van der Waals surface area contributed by atoms with Crippen molar-refractivity contribution in [1.29, 1.82) is 0 Å². The van der Waals surface area contributed by atoms with Crippen molar-refractivity contribution < 1.29 is 14.5 Å². The lowest BCUT2D eigenvalue weighted by molar-refractivity contribution is -0.384. The van der Waals surface area contributed by atoms with Gasteiger partial charge in [-0.2, -0.15) is 0 Å². The summed E-state index contributed by atoms with van der Waals surface area (Å²) in [5.41, 5.74) is 3.27. The number of aldehydes is 1. The van der Waals surface area contributed by atoms with Crippen LogP contribution in [0.1, 0.15) is 10.5 Å². The Bertz CT molecular complexity index is 1160. The standard InChI is InChI=1S/C19H13N3O4S/c1-26-15-4-2-3-13(9-15)17-11-27-19-20-18(16(10-23)21(17)19)12-5-7-14(8-6-12)22(24)25/h2-11H,1H3. The van der Waals surface area contributed by atoms with Crippen molar-refractivity contribution in [2.45, 2.75) is 0 Å². The van der Waals surface area contributed by atoms with Gasteiger partial charge in [-0.15, -0.1) is 11.3 Å². The third kappa shape index (κ3) is 2.85. The molecule has 7 nitrogen and oxygen atoms in total. The number of imidazole rings is 1. The Labute approximate surface area is 157 Å². The number of fused-ring (bicyclic) bond motifs is 1. The van der Waals surface area contributed by atoms with Gasteiger partial charge in [0.25, 0.3) is 5.69 Å². The molecule has 134 valence electrons. The average Bonchev–Trinajstić information content (AvgIpc) is 3.27. The zero-order chi connectivity index (χ0) is 19.0. The zero-order valence-corrected chi connectivity index (χ0v) is 15.0. The van der Waals surface area contributed by atoms with Crippen molar-refractivity contribution in [3.63, 3.8) is 0 Å². The average molecular weight is 379 g/mol. The number of nitrogens with zero attached hydrogens (tertiary/aromatic N) is 3. The van der Waals surface area contributed by atoms with Gasteiger partial charge >= 0.3 is 0 Å². The number of nitro groups is 1. The van der Waals surface area contributed by atoms with Gasteiger partial charge in [-0.25, -0.2) is 4.98 Å². The summed E-state index contributed by atoms with van der Waals surface area (Å²) in [6.45, 7) is 0. The second-order valence-electron chi connectivity index (χ2n) is 5.74. The molecule has 0 aliphatic heterocycles. The first-order valence-corrected chi connectivity index (χ1v) is 8.84. The normalized spacial score (nSPS) is 10.9. The molecule has 0 aliphatic carbocycles. The lowest BCUT2D eigenvalue weighted by Gasteiger charge is -2.05. The molecule has 8 heteroatoms. The monoisotopic (exact) mass is 379 g/mol. The van der Waals surface area contributed by atoms with Crippen molar-refractivity contribution >= 4 is 28.3 Å². The van der Waals surface area contributed by atoms with Crippen LogP contribution in [-0.2, 0) is 0 Å². The smallest absolute Gasteiger partial charge is 0.269 e. The highest BCUT2D eigenvalue weighted by atomic mass is 32.1. The summed E-state index contributed by atoms with van der Waals surface area (Å²) in [4.78, 5) is 27.5. The molecule has 0 saturated heterocycles. The second-order valence-corrected chi connectivity index (χ2v) is 6.57. The molecule has 0 saturated carbocycles. The zero-order valence-electron chi connectivity index (χ0n) is 14.2. The number of hydrogen-bond donors (Lipinski definition) is 0. The van der Waals surface area contributed by atoms with E-state index in [1.165, 1.54) is 23.5 Å². The minimum Gasteiger partial charge on any atom is -0.497 e. The summed E-state index contributed by atoms with van der Waals surface area (Å²) in [6, 6.07) is 13.6. The maximum absolute atomic E-state index is 11.9. The van der Waals surface area contributed by atoms with E-state index in [1.54, 1.807) is 23.6 Å². The molecule has 0 unspecified atom stereocenters. The number of thiazole rings is 1. The Kier molecular flexibility index (Phi) is 4.17. The van der Waals surface area contributed by atoms with Crippen LogP contribution in [0.3, 0.4) is 0 Å². The van der Waals surface area contributed by atoms with Gasteiger partial charge in [0.15, 0.2) is 11.2 Å². The van der Waals surface area contributed by atoms with Crippen LogP contribution in [0.25, 0.3) is 27.5 Å². The number of ether oxygens (including phenoxy) is 1. The van der Waals surface area contributed by atoms with Gasteiger partial charge < -0.3 is 4.74 Å². The van der Waals surface area contributed by atoms with Crippen molar-refractivity contribution in [1.82, 2.24) is 9.38 Å². The number of non-ortho nitro benzene ring substituents is 1. The molecular weight excluding hydrogens is 366 g/mol. The van der Waals surface area contributed by atoms with E-state index < -0.39 is 4.92 Å². The number of benzene rings is 2. The fourth-order valence-corrected chi connectivity index (χ4v) is 3.83. The highest BCUT2D eigenvalue weighted by Crippen LogP contribution is 2.33. The molecule has 0 radical (unpaired) electrons. The molecule has 0 atom stereocenters. The van der Waals surface area contributed by atoms with E-state index in [0.717, 1.165) is 23.3 Å². The van der Waals surface area contributed by atoms with Crippen LogP contribution in [-0.4, -0.2) is 27.7 Å². The number of hydrogen-bond acceptors (Lipinski definition) is 6. The first kappa shape index (κ1) is 16.9. The molecule has 27 heavy (non-hydrogen) atoms. The summed E-state index contributed by atoms with van der Waals surface area (Å²) in [5, 5.41) is 12.8. The summed E-state index contributed by atoms with van der Waals surface area (Å²) >= 11 is 1.42. The highest BCUT2D eigenvalue weighted by Gasteiger charge is 2.19. The summed E-state index contributed by atoms with van der Waals surface area (Å²) in [7, 11) is 1.60. The Morgan fingerprint density at radius 3 is 2.63 bits per heavy atom. The molecule has 0 fully saturated rings. The number of rotatable bonds is 5. The highest BCUT2D eigenvalue weighted by molar-refractivity contribution is 7.15. The third-order valence-electron chi connectivity index (χ3n) is 4.23. The maximum Gasteiger partial charge on any atom is 0.269 e. The molecule has 0 bridgehead atoms. The van der Waals surface area contributed by atoms with E-state index >= 15 is 0 Å². The number of nitro benzene ring substituents is 1. The van der Waals surface area contributed by atoms with E-state index in [1.807, 2.05) is 29.6 Å².